The number of benzene rings is 1. The molecule has 20 heavy (non-hydrogen) atoms. The summed E-state index contributed by atoms with van der Waals surface area (Å²) in [7, 11) is 0. The first-order valence-corrected chi connectivity index (χ1v) is 5.22. The summed E-state index contributed by atoms with van der Waals surface area (Å²) >= 11 is 0. The van der Waals surface area contributed by atoms with Crippen LogP contribution in [0.2, 0.25) is 0 Å². The van der Waals surface area contributed by atoms with Crippen LogP contribution in [0, 0.1) is 17.5 Å². The zero-order valence-corrected chi connectivity index (χ0v) is 9.87. The fourth-order valence-electron chi connectivity index (χ4n) is 1.24. The van der Waals surface area contributed by atoms with E-state index in [1.54, 1.807) is 0 Å². The second-order valence-electron chi connectivity index (χ2n) is 3.60. The molecule has 0 saturated carbocycles. The van der Waals surface area contributed by atoms with E-state index >= 15 is 0 Å². The van der Waals surface area contributed by atoms with Crippen molar-refractivity contribution in [2.75, 3.05) is 13.1 Å². The number of carboxylic acids is 1. The van der Waals surface area contributed by atoms with E-state index in [1.165, 1.54) is 0 Å². The fourth-order valence-corrected chi connectivity index (χ4v) is 1.24. The maximum absolute atomic E-state index is 13.2. The summed E-state index contributed by atoms with van der Waals surface area (Å²) in [6.45, 7) is -1.34. The number of hydrogen-bond donors (Lipinski definition) is 3. The Hall–Kier alpha value is -2.58. The van der Waals surface area contributed by atoms with Gasteiger partial charge in [0.2, 0.25) is 5.91 Å². The minimum absolute atomic E-state index is 0.322. The van der Waals surface area contributed by atoms with Gasteiger partial charge in [-0.15, -0.1) is 0 Å². The maximum atomic E-state index is 13.2. The van der Waals surface area contributed by atoms with Crippen molar-refractivity contribution in [2.24, 2.45) is 0 Å². The Bertz CT molecular complexity index is 540. The summed E-state index contributed by atoms with van der Waals surface area (Å²) in [5.74, 6) is -7.41. The quantitative estimate of drug-likeness (QED) is 0.713. The second-order valence-corrected chi connectivity index (χ2v) is 3.60. The summed E-state index contributed by atoms with van der Waals surface area (Å²) in [6, 6.07) is 0.644. The van der Waals surface area contributed by atoms with Gasteiger partial charge in [-0.05, 0) is 0 Å². The molecule has 108 valence electrons. The number of amides is 2. The molecule has 0 unspecified atom stereocenters. The van der Waals surface area contributed by atoms with Crippen molar-refractivity contribution in [1.29, 1.82) is 0 Å². The zero-order chi connectivity index (χ0) is 15.3. The third kappa shape index (κ3) is 4.26. The summed E-state index contributed by atoms with van der Waals surface area (Å²) in [5.41, 5.74) is -1.03. The number of rotatable bonds is 5. The summed E-state index contributed by atoms with van der Waals surface area (Å²) in [5, 5.41) is 12.1. The van der Waals surface area contributed by atoms with Crippen molar-refractivity contribution in [2.45, 2.75) is 0 Å². The van der Waals surface area contributed by atoms with Crippen LogP contribution in [0.15, 0.2) is 12.1 Å². The molecule has 6 nitrogen and oxygen atoms in total. The highest BCUT2D eigenvalue weighted by Gasteiger charge is 2.19. The highest BCUT2D eigenvalue weighted by Crippen LogP contribution is 2.14. The first-order chi connectivity index (χ1) is 9.31. The van der Waals surface area contributed by atoms with Gasteiger partial charge in [0.1, 0.15) is 29.6 Å². The van der Waals surface area contributed by atoms with Crippen LogP contribution >= 0.6 is 0 Å². The van der Waals surface area contributed by atoms with Gasteiger partial charge in [-0.3, -0.25) is 14.4 Å². The summed E-state index contributed by atoms with van der Waals surface area (Å²) < 4.78 is 39.1. The average Bonchev–Trinajstić information content (AvgIpc) is 2.32. The lowest BCUT2D eigenvalue weighted by Crippen LogP contribution is -2.39. The molecule has 0 aromatic heterocycles. The van der Waals surface area contributed by atoms with Gasteiger partial charge in [0.05, 0.1) is 6.54 Å². The van der Waals surface area contributed by atoms with E-state index in [0.717, 1.165) is 0 Å². The molecular formula is C11H9F3N2O4. The molecule has 1 aromatic carbocycles. The Morgan fingerprint density at radius 2 is 1.55 bits per heavy atom. The smallest absolute Gasteiger partial charge is 0.322 e. The van der Waals surface area contributed by atoms with E-state index < -0.39 is 53.9 Å². The topological polar surface area (TPSA) is 95.5 Å². The molecule has 0 aliphatic rings. The molecule has 0 spiro atoms. The largest absolute Gasteiger partial charge is 0.480 e. The number of carbonyl (C=O) groups is 3. The number of nitrogens with one attached hydrogen (secondary N) is 2. The standard InChI is InChI=1S/C11H9F3N2O4/c12-5-1-6(13)10(7(14)2-5)11(20)16-3-8(17)15-4-9(18)19/h1-2H,3-4H2,(H,15,17)(H,16,20)(H,18,19). The van der Waals surface area contributed by atoms with Gasteiger partial charge in [0, 0.05) is 12.1 Å². The lowest BCUT2D eigenvalue weighted by atomic mass is 10.2. The minimum Gasteiger partial charge on any atom is -0.480 e. The molecule has 2 amide bonds. The third-order valence-corrected chi connectivity index (χ3v) is 2.08. The van der Waals surface area contributed by atoms with E-state index in [0.29, 0.717) is 12.1 Å². The van der Waals surface area contributed by atoms with Gasteiger partial charge in [-0.2, -0.15) is 0 Å². The van der Waals surface area contributed by atoms with Crippen LogP contribution in [0.1, 0.15) is 10.4 Å². The van der Waals surface area contributed by atoms with Crippen LogP contribution < -0.4 is 10.6 Å². The molecule has 0 bridgehead atoms. The maximum Gasteiger partial charge on any atom is 0.322 e. The highest BCUT2D eigenvalue weighted by molar-refractivity contribution is 5.97. The summed E-state index contributed by atoms with van der Waals surface area (Å²) in [4.78, 5) is 32.6. The van der Waals surface area contributed by atoms with Crippen molar-refractivity contribution in [3.63, 3.8) is 0 Å². The normalized spacial score (nSPS) is 9.95. The second kappa shape index (κ2) is 6.55. The van der Waals surface area contributed by atoms with Gasteiger partial charge in [0.15, 0.2) is 0 Å². The molecule has 0 heterocycles. The Morgan fingerprint density at radius 1 is 1.00 bits per heavy atom. The molecule has 0 aliphatic heterocycles. The van der Waals surface area contributed by atoms with Gasteiger partial charge in [-0.25, -0.2) is 13.2 Å². The highest BCUT2D eigenvalue weighted by atomic mass is 19.1. The van der Waals surface area contributed by atoms with E-state index in [9.17, 15) is 27.6 Å². The number of carboxylic acid groups (broad SMARTS) is 1. The minimum atomic E-state index is -1.41. The van der Waals surface area contributed by atoms with E-state index in [1.807, 2.05) is 10.6 Å². The van der Waals surface area contributed by atoms with Gasteiger partial charge in [0.25, 0.3) is 5.91 Å². The third-order valence-electron chi connectivity index (χ3n) is 2.08. The van der Waals surface area contributed by atoms with Crippen molar-refractivity contribution < 1.29 is 32.7 Å². The lowest BCUT2D eigenvalue weighted by molar-refractivity contribution is -0.137. The van der Waals surface area contributed by atoms with Gasteiger partial charge >= 0.3 is 5.97 Å². The van der Waals surface area contributed by atoms with Gasteiger partial charge < -0.3 is 15.7 Å². The molecule has 3 N–H and O–H groups in total. The molecule has 0 aliphatic carbocycles. The van der Waals surface area contributed by atoms with E-state index in [-0.39, 0.29) is 0 Å². The number of aliphatic carboxylic acids is 1. The van der Waals surface area contributed by atoms with Crippen molar-refractivity contribution in [1.82, 2.24) is 10.6 Å². The first kappa shape index (κ1) is 15.5. The van der Waals surface area contributed by atoms with Crippen molar-refractivity contribution >= 4 is 17.8 Å². The monoisotopic (exact) mass is 290 g/mol. The predicted molar refractivity (Wildman–Crippen MR) is 59.3 cm³/mol. The Labute approximate surface area is 110 Å². The molecule has 0 fully saturated rings. The van der Waals surface area contributed by atoms with Crippen LogP contribution in [0.3, 0.4) is 0 Å². The molecule has 1 rings (SSSR count). The van der Waals surface area contributed by atoms with Crippen molar-refractivity contribution in [3.05, 3.63) is 35.1 Å². The van der Waals surface area contributed by atoms with Crippen LogP contribution in [0.5, 0.6) is 0 Å². The van der Waals surface area contributed by atoms with Crippen LogP contribution in [0.4, 0.5) is 13.2 Å². The number of carbonyl (C=O) groups excluding carboxylic acids is 2. The van der Waals surface area contributed by atoms with Crippen LogP contribution in [-0.4, -0.2) is 36.0 Å². The molecule has 0 atom stereocenters. The Kier molecular flexibility index (Phi) is 5.07. The molecule has 0 radical (unpaired) electrons. The SMILES string of the molecule is O=C(O)CNC(=O)CNC(=O)c1c(F)cc(F)cc1F. The lowest BCUT2D eigenvalue weighted by Gasteiger charge is -2.07. The molecule has 9 heteroatoms. The van der Waals surface area contributed by atoms with E-state index in [4.69, 9.17) is 5.11 Å². The van der Waals surface area contributed by atoms with Gasteiger partial charge in [-0.1, -0.05) is 0 Å². The summed E-state index contributed by atoms with van der Waals surface area (Å²) in [6.07, 6.45) is 0. The fraction of sp³-hybridized carbons (Fsp3) is 0.182. The van der Waals surface area contributed by atoms with Crippen molar-refractivity contribution in [3.8, 4) is 0 Å². The number of hydrogen-bond acceptors (Lipinski definition) is 3. The Morgan fingerprint density at radius 3 is 2.05 bits per heavy atom. The predicted octanol–water partition coefficient (Wildman–Crippen LogP) is 0.0345. The van der Waals surface area contributed by atoms with E-state index in [2.05, 4.69) is 0 Å². The molecule has 0 saturated heterocycles. The average molecular weight is 290 g/mol. The van der Waals surface area contributed by atoms with Crippen LogP contribution in [-0.2, 0) is 9.59 Å². The van der Waals surface area contributed by atoms with Crippen LogP contribution in [0.25, 0.3) is 0 Å². The first-order valence-electron chi connectivity index (χ1n) is 5.22. The zero-order valence-electron chi connectivity index (χ0n) is 9.87. The molecular weight excluding hydrogens is 281 g/mol. The Balaban J connectivity index is 2.64. The number of halogens is 3. The molecule has 1 aromatic rings.